The van der Waals surface area contributed by atoms with Gasteiger partial charge in [0.25, 0.3) is 0 Å². The third-order valence-corrected chi connectivity index (χ3v) is 22.8. The van der Waals surface area contributed by atoms with E-state index in [1.807, 2.05) is 24.5 Å². The van der Waals surface area contributed by atoms with Gasteiger partial charge in [0, 0.05) is 23.3 Å². The van der Waals surface area contributed by atoms with Crippen LogP contribution < -0.4 is 46.2 Å². The van der Waals surface area contributed by atoms with E-state index in [4.69, 9.17) is 14.7 Å². The second-order valence-corrected chi connectivity index (χ2v) is 24.0. The molecule has 8 aromatic carbocycles. The van der Waals surface area contributed by atoms with Crippen LogP contribution in [0.15, 0.2) is 249 Å². The minimum Gasteiger partial charge on any atom is -0.457 e. The molecule has 64 heavy (non-hydrogen) atoms. The number of aromatic nitrogens is 3. The molecule has 0 radical (unpaired) electrons. The fraction of sp³-hybridized carbons (Fsp3) is 0. The number of ether oxygens (including phenoxy) is 1. The van der Waals surface area contributed by atoms with Crippen LogP contribution in [0.1, 0.15) is 0 Å². The average molecular weight is 852 g/mol. The van der Waals surface area contributed by atoms with Crippen LogP contribution in [0.5, 0.6) is 11.5 Å². The quantitative estimate of drug-likeness (QED) is 0.115. The predicted molar refractivity (Wildman–Crippen MR) is 269 cm³/mol. The van der Waals surface area contributed by atoms with Crippen LogP contribution in [0.3, 0.4) is 0 Å². The Bertz CT molecular complexity index is 3380. The largest absolute Gasteiger partial charge is 0.457 e. The molecule has 0 atom stereocenters. The van der Waals surface area contributed by atoms with Gasteiger partial charge in [-0.05, 0) is 84.0 Å². The molecule has 0 amide bonds. The van der Waals surface area contributed by atoms with Crippen LogP contribution in [0.25, 0.3) is 38.9 Å². The van der Waals surface area contributed by atoms with Crippen molar-refractivity contribution in [3.8, 4) is 28.6 Å². The molecular weight excluding hydrogens is 811 g/mol. The van der Waals surface area contributed by atoms with E-state index in [-0.39, 0.29) is 0 Å². The lowest BCUT2D eigenvalue weighted by Crippen LogP contribution is -2.76. The first kappa shape index (κ1) is 37.8. The molecule has 11 aromatic rings. The minimum absolute atomic E-state index is 0.856. The standard InChI is InChI=1S/C58H41N3OSi2/c1-5-21-43(22-6-1)63(44-23-7-2-8-24-44,47-29-19-20-42(40-47)50-30-15-17-38-59-50)48-34-35-49-52(41-48)61(56-33-16-18-39-60-56)51-36-37-55-58(57(49)51)62-53-31-13-14-32-54(53)64(55,45-25-9-3-10-26-45)46-27-11-4-12-28-46/h1-41H. The van der Waals surface area contributed by atoms with Crippen LogP contribution in [0.4, 0.5) is 0 Å². The molecule has 0 N–H and O–H groups in total. The highest BCUT2D eigenvalue weighted by Crippen LogP contribution is 2.41. The van der Waals surface area contributed by atoms with Crippen molar-refractivity contribution in [2.75, 3.05) is 0 Å². The lowest BCUT2D eigenvalue weighted by atomic mass is 10.1. The van der Waals surface area contributed by atoms with E-state index in [1.54, 1.807) is 0 Å². The van der Waals surface area contributed by atoms with Crippen molar-refractivity contribution in [3.63, 3.8) is 0 Å². The molecule has 0 aliphatic carbocycles. The monoisotopic (exact) mass is 851 g/mol. The van der Waals surface area contributed by atoms with Gasteiger partial charge in [0.2, 0.25) is 0 Å². The second-order valence-electron chi connectivity index (χ2n) is 16.4. The van der Waals surface area contributed by atoms with Gasteiger partial charge in [-0.15, -0.1) is 0 Å². The van der Waals surface area contributed by atoms with Crippen molar-refractivity contribution in [1.29, 1.82) is 0 Å². The van der Waals surface area contributed by atoms with Crippen molar-refractivity contribution < 1.29 is 4.74 Å². The van der Waals surface area contributed by atoms with E-state index in [1.165, 1.54) is 41.5 Å². The molecule has 0 spiro atoms. The predicted octanol–water partition coefficient (Wildman–Crippen LogP) is 8.10. The van der Waals surface area contributed by atoms with Crippen LogP contribution >= 0.6 is 0 Å². The van der Waals surface area contributed by atoms with E-state index in [2.05, 4.69) is 229 Å². The van der Waals surface area contributed by atoms with Crippen LogP contribution in [-0.4, -0.2) is 30.7 Å². The fourth-order valence-corrected chi connectivity index (χ4v) is 20.3. The number of fused-ring (bicyclic) bond motifs is 6. The second kappa shape index (κ2) is 15.5. The zero-order valence-corrected chi connectivity index (χ0v) is 36.9. The highest BCUT2D eigenvalue weighted by atomic mass is 28.3. The summed E-state index contributed by atoms with van der Waals surface area (Å²) in [6.45, 7) is 0. The highest BCUT2D eigenvalue weighted by molar-refractivity contribution is 7.21. The summed E-state index contributed by atoms with van der Waals surface area (Å²) in [5, 5.41) is 12.5. The first-order chi connectivity index (χ1) is 31.8. The third-order valence-electron chi connectivity index (χ3n) is 13.2. The van der Waals surface area contributed by atoms with Crippen molar-refractivity contribution >= 4 is 79.4 Å². The summed E-state index contributed by atoms with van der Waals surface area (Å²) in [5.41, 5.74) is 4.19. The number of hydrogen-bond donors (Lipinski definition) is 0. The maximum Gasteiger partial charge on any atom is 0.188 e. The topological polar surface area (TPSA) is 39.9 Å². The fourth-order valence-electron chi connectivity index (χ4n) is 10.6. The van der Waals surface area contributed by atoms with Gasteiger partial charge in [-0.3, -0.25) is 9.55 Å². The molecule has 0 unspecified atom stereocenters. The summed E-state index contributed by atoms with van der Waals surface area (Å²) in [6, 6.07) is 86.5. The average Bonchev–Trinajstić information content (AvgIpc) is 3.72. The Morgan fingerprint density at radius 1 is 0.422 bits per heavy atom. The zero-order chi connectivity index (χ0) is 42.5. The normalized spacial score (nSPS) is 12.9. The number of nitrogens with zero attached hydrogens (tertiary/aromatic N) is 3. The van der Waals surface area contributed by atoms with E-state index < -0.39 is 16.1 Å². The lowest BCUT2D eigenvalue weighted by Gasteiger charge is -2.39. The summed E-state index contributed by atoms with van der Waals surface area (Å²) in [7, 11) is -5.93. The van der Waals surface area contributed by atoms with Crippen LogP contribution in [-0.2, 0) is 0 Å². The molecular formula is C58H41N3OSi2. The highest BCUT2D eigenvalue weighted by Gasteiger charge is 2.49. The van der Waals surface area contributed by atoms with E-state index in [0.29, 0.717) is 0 Å². The van der Waals surface area contributed by atoms with Crippen molar-refractivity contribution in [2.24, 2.45) is 0 Å². The molecule has 12 rings (SSSR count). The van der Waals surface area contributed by atoms with E-state index in [9.17, 15) is 0 Å². The summed E-state index contributed by atoms with van der Waals surface area (Å²) in [4.78, 5) is 9.83. The Kier molecular flexibility index (Phi) is 9.14. The van der Waals surface area contributed by atoms with Crippen molar-refractivity contribution in [3.05, 3.63) is 249 Å². The number of para-hydroxylation sites is 1. The van der Waals surface area contributed by atoms with Gasteiger partial charge in [0.1, 0.15) is 17.3 Å². The van der Waals surface area contributed by atoms with Gasteiger partial charge in [-0.2, -0.15) is 0 Å². The number of hydrogen-bond acceptors (Lipinski definition) is 3. The van der Waals surface area contributed by atoms with Gasteiger partial charge >= 0.3 is 0 Å². The smallest absolute Gasteiger partial charge is 0.188 e. The minimum atomic E-state index is -3.03. The van der Waals surface area contributed by atoms with Gasteiger partial charge in [0.05, 0.1) is 22.1 Å². The first-order valence-corrected chi connectivity index (χ1v) is 25.8. The number of pyridine rings is 2. The molecule has 0 bridgehead atoms. The molecule has 1 aliphatic rings. The van der Waals surface area contributed by atoms with Gasteiger partial charge in [0.15, 0.2) is 16.1 Å². The lowest BCUT2D eigenvalue weighted by molar-refractivity contribution is 0.493. The molecule has 0 saturated carbocycles. The van der Waals surface area contributed by atoms with Gasteiger partial charge < -0.3 is 4.74 Å². The van der Waals surface area contributed by atoms with E-state index >= 15 is 0 Å². The Morgan fingerprint density at radius 2 is 1.02 bits per heavy atom. The number of rotatable bonds is 8. The third kappa shape index (κ3) is 5.73. The Hall–Kier alpha value is -7.91. The summed E-state index contributed by atoms with van der Waals surface area (Å²) >= 11 is 0. The molecule has 0 saturated heterocycles. The van der Waals surface area contributed by atoms with Gasteiger partial charge in [-0.1, -0.05) is 194 Å². The Labute approximate surface area is 374 Å². The zero-order valence-electron chi connectivity index (χ0n) is 34.9. The molecule has 6 heteroatoms. The SMILES string of the molecule is c1ccc([Si](c2ccccc2)(c2cccc(-c3ccccn3)c2)c2ccc3c4c5c(ccc4n(-c4ccccn4)c3c2)[Si](c2ccccc2)(c2ccccc2)c2ccccc2O5)cc1. The summed E-state index contributed by atoms with van der Waals surface area (Å²) in [5.74, 6) is 2.68. The van der Waals surface area contributed by atoms with Crippen molar-refractivity contribution in [1.82, 2.24) is 14.5 Å². The summed E-state index contributed by atoms with van der Waals surface area (Å²) in [6.07, 6.45) is 3.76. The summed E-state index contributed by atoms with van der Waals surface area (Å²) < 4.78 is 9.66. The van der Waals surface area contributed by atoms with Crippen LogP contribution in [0, 0.1) is 0 Å². The maximum absolute atomic E-state index is 7.31. The van der Waals surface area contributed by atoms with Crippen molar-refractivity contribution in [2.45, 2.75) is 0 Å². The number of benzene rings is 8. The Morgan fingerprint density at radius 3 is 1.67 bits per heavy atom. The molecule has 4 heterocycles. The Balaban J connectivity index is 1.21. The van der Waals surface area contributed by atoms with Crippen LogP contribution in [0.2, 0.25) is 0 Å². The molecule has 302 valence electrons. The molecule has 1 aliphatic heterocycles. The molecule has 3 aromatic heterocycles. The maximum atomic E-state index is 7.31. The van der Waals surface area contributed by atoms with E-state index in [0.717, 1.165) is 50.4 Å². The molecule has 0 fully saturated rings. The molecule has 4 nitrogen and oxygen atoms in total. The van der Waals surface area contributed by atoms with Gasteiger partial charge in [-0.25, -0.2) is 4.98 Å². The first-order valence-electron chi connectivity index (χ1n) is 21.8.